The Morgan fingerprint density at radius 2 is 2.00 bits per heavy atom. The SMILES string of the molecule is Cc1ccccc1NC(=O)[C@H]1CCc2nc(N3CCCCC3)ncc2C1. The molecule has 2 heterocycles. The first-order valence-electron chi connectivity index (χ1n) is 9.67. The minimum absolute atomic E-state index is 0.00783. The molecular weight excluding hydrogens is 324 g/mol. The Morgan fingerprint density at radius 3 is 2.81 bits per heavy atom. The number of nitrogens with one attached hydrogen (secondary N) is 1. The van der Waals surface area contributed by atoms with E-state index < -0.39 is 0 Å². The van der Waals surface area contributed by atoms with Gasteiger partial charge >= 0.3 is 0 Å². The highest BCUT2D eigenvalue weighted by molar-refractivity contribution is 5.93. The summed E-state index contributed by atoms with van der Waals surface area (Å²) in [6.45, 7) is 4.13. The summed E-state index contributed by atoms with van der Waals surface area (Å²) in [5.74, 6) is 0.961. The second kappa shape index (κ2) is 7.44. The minimum atomic E-state index is -0.00783. The largest absolute Gasteiger partial charge is 0.341 e. The van der Waals surface area contributed by atoms with E-state index in [2.05, 4.69) is 15.2 Å². The van der Waals surface area contributed by atoms with Gasteiger partial charge in [-0.3, -0.25) is 4.79 Å². The lowest BCUT2D eigenvalue weighted by atomic mass is 9.86. The summed E-state index contributed by atoms with van der Waals surface area (Å²) >= 11 is 0. The van der Waals surface area contributed by atoms with E-state index in [-0.39, 0.29) is 11.8 Å². The number of amides is 1. The highest BCUT2D eigenvalue weighted by Crippen LogP contribution is 2.27. The minimum Gasteiger partial charge on any atom is -0.341 e. The second-order valence-corrected chi connectivity index (χ2v) is 7.43. The third-order valence-corrected chi connectivity index (χ3v) is 5.55. The fourth-order valence-corrected chi connectivity index (χ4v) is 3.91. The Morgan fingerprint density at radius 1 is 1.19 bits per heavy atom. The van der Waals surface area contributed by atoms with Crippen LogP contribution in [0.1, 0.15) is 42.5 Å². The number of hydrogen-bond donors (Lipinski definition) is 1. The fourth-order valence-electron chi connectivity index (χ4n) is 3.91. The van der Waals surface area contributed by atoms with Crippen LogP contribution >= 0.6 is 0 Å². The van der Waals surface area contributed by atoms with Crippen LogP contribution in [0, 0.1) is 12.8 Å². The normalized spacial score (nSPS) is 19.7. The number of hydrogen-bond acceptors (Lipinski definition) is 4. The number of para-hydroxylation sites is 1. The summed E-state index contributed by atoms with van der Waals surface area (Å²) in [5, 5.41) is 3.09. The number of aryl methyl sites for hydroxylation is 2. The number of carbonyl (C=O) groups excluding carboxylic acids is 1. The van der Waals surface area contributed by atoms with Gasteiger partial charge in [-0.05, 0) is 62.6 Å². The molecule has 0 spiro atoms. The molecule has 0 saturated carbocycles. The van der Waals surface area contributed by atoms with Crippen molar-refractivity contribution in [3.63, 3.8) is 0 Å². The van der Waals surface area contributed by atoms with E-state index in [4.69, 9.17) is 4.98 Å². The summed E-state index contributed by atoms with van der Waals surface area (Å²) in [5.41, 5.74) is 4.24. The first-order valence-corrected chi connectivity index (χ1v) is 9.67. The van der Waals surface area contributed by atoms with Crippen molar-refractivity contribution in [3.8, 4) is 0 Å². The van der Waals surface area contributed by atoms with Gasteiger partial charge in [-0.25, -0.2) is 9.97 Å². The Labute approximate surface area is 154 Å². The lowest BCUT2D eigenvalue weighted by Gasteiger charge is -2.28. The van der Waals surface area contributed by atoms with Crippen molar-refractivity contribution in [1.82, 2.24) is 9.97 Å². The van der Waals surface area contributed by atoms with Crippen LogP contribution in [0.3, 0.4) is 0 Å². The van der Waals surface area contributed by atoms with Crippen LogP contribution < -0.4 is 10.2 Å². The van der Waals surface area contributed by atoms with Crippen molar-refractivity contribution in [1.29, 1.82) is 0 Å². The topological polar surface area (TPSA) is 58.1 Å². The van der Waals surface area contributed by atoms with E-state index in [1.54, 1.807) is 0 Å². The molecule has 136 valence electrons. The highest BCUT2D eigenvalue weighted by atomic mass is 16.1. The lowest BCUT2D eigenvalue weighted by Crippen LogP contribution is -2.32. The second-order valence-electron chi connectivity index (χ2n) is 7.43. The molecule has 0 bridgehead atoms. The van der Waals surface area contributed by atoms with Gasteiger partial charge in [-0.2, -0.15) is 0 Å². The Bertz CT molecular complexity index is 798. The average Bonchev–Trinajstić information content (AvgIpc) is 2.69. The van der Waals surface area contributed by atoms with Gasteiger partial charge in [0.2, 0.25) is 11.9 Å². The van der Waals surface area contributed by atoms with E-state index in [1.165, 1.54) is 19.3 Å². The number of nitrogens with zero attached hydrogens (tertiary/aromatic N) is 3. The molecule has 2 aromatic rings. The van der Waals surface area contributed by atoms with Gasteiger partial charge in [-0.1, -0.05) is 18.2 Å². The molecule has 1 N–H and O–H groups in total. The molecule has 5 nitrogen and oxygen atoms in total. The zero-order valence-corrected chi connectivity index (χ0v) is 15.4. The Balaban J connectivity index is 1.44. The van der Waals surface area contributed by atoms with Crippen LogP contribution in [-0.4, -0.2) is 29.0 Å². The molecule has 4 rings (SSSR count). The van der Waals surface area contributed by atoms with Crippen molar-refractivity contribution in [2.45, 2.75) is 45.4 Å². The van der Waals surface area contributed by atoms with Crippen LogP contribution in [0.4, 0.5) is 11.6 Å². The predicted molar refractivity (Wildman–Crippen MR) is 103 cm³/mol. The molecule has 1 aliphatic heterocycles. The maximum Gasteiger partial charge on any atom is 0.227 e. The smallest absolute Gasteiger partial charge is 0.227 e. The summed E-state index contributed by atoms with van der Waals surface area (Å²) in [7, 11) is 0. The molecule has 2 aliphatic rings. The van der Waals surface area contributed by atoms with E-state index in [9.17, 15) is 4.79 Å². The zero-order valence-electron chi connectivity index (χ0n) is 15.4. The number of aromatic nitrogens is 2. The monoisotopic (exact) mass is 350 g/mol. The first kappa shape index (κ1) is 17.0. The van der Waals surface area contributed by atoms with Crippen LogP contribution in [0.2, 0.25) is 0 Å². The molecule has 1 aromatic heterocycles. The molecule has 1 atom stereocenters. The van der Waals surface area contributed by atoms with E-state index in [0.29, 0.717) is 0 Å². The lowest BCUT2D eigenvalue weighted by molar-refractivity contribution is -0.120. The van der Waals surface area contributed by atoms with Crippen molar-refractivity contribution in [2.75, 3.05) is 23.3 Å². The average molecular weight is 350 g/mol. The van der Waals surface area contributed by atoms with Crippen molar-refractivity contribution in [3.05, 3.63) is 47.3 Å². The van der Waals surface area contributed by atoms with Gasteiger partial charge in [0.05, 0.1) is 0 Å². The molecule has 5 heteroatoms. The Hall–Kier alpha value is -2.43. The molecule has 1 saturated heterocycles. The summed E-state index contributed by atoms with van der Waals surface area (Å²) < 4.78 is 0. The highest BCUT2D eigenvalue weighted by Gasteiger charge is 2.27. The maximum absolute atomic E-state index is 12.7. The van der Waals surface area contributed by atoms with Crippen LogP contribution in [-0.2, 0) is 17.6 Å². The predicted octanol–water partition coefficient (Wildman–Crippen LogP) is 3.52. The van der Waals surface area contributed by atoms with Gasteiger partial charge in [0, 0.05) is 36.6 Å². The molecule has 1 aromatic carbocycles. The zero-order chi connectivity index (χ0) is 17.9. The summed E-state index contributed by atoms with van der Waals surface area (Å²) in [6.07, 6.45) is 8.13. The van der Waals surface area contributed by atoms with E-state index in [1.807, 2.05) is 37.4 Å². The van der Waals surface area contributed by atoms with Crippen LogP contribution in [0.25, 0.3) is 0 Å². The van der Waals surface area contributed by atoms with Crippen LogP contribution in [0.5, 0.6) is 0 Å². The number of anilines is 2. The van der Waals surface area contributed by atoms with Crippen LogP contribution in [0.15, 0.2) is 30.5 Å². The third kappa shape index (κ3) is 3.57. The van der Waals surface area contributed by atoms with Crippen molar-refractivity contribution >= 4 is 17.5 Å². The molecule has 1 aliphatic carbocycles. The van der Waals surface area contributed by atoms with Gasteiger partial charge in [0.25, 0.3) is 0 Å². The standard InChI is InChI=1S/C21H26N4O/c1-15-7-3-4-8-18(15)23-20(26)16-9-10-19-17(13-16)14-22-21(24-19)25-11-5-2-6-12-25/h3-4,7-8,14,16H,2,5-6,9-13H2,1H3,(H,23,26)/t16-/m0/s1. The number of carbonyl (C=O) groups is 1. The van der Waals surface area contributed by atoms with Gasteiger partial charge in [0.1, 0.15) is 0 Å². The van der Waals surface area contributed by atoms with E-state index >= 15 is 0 Å². The Kier molecular flexibility index (Phi) is 4.87. The molecule has 1 fully saturated rings. The molecule has 0 unspecified atom stereocenters. The molecule has 1 amide bonds. The number of benzene rings is 1. The molecule has 0 radical (unpaired) electrons. The van der Waals surface area contributed by atoms with Gasteiger partial charge < -0.3 is 10.2 Å². The number of rotatable bonds is 3. The van der Waals surface area contributed by atoms with Gasteiger partial charge in [-0.15, -0.1) is 0 Å². The van der Waals surface area contributed by atoms with E-state index in [0.717, 1.165) is 60.8 Å². The molecule has 26 heavy (non-hydrogen) atoms. The van der Waals surface area contributed by atoms with Crippen molar-refractivity contribution < 1.29 is 4.79 Å². The summed E-state index contributed by atoms with van der Waals surface area (Å²) in [6, 6.07) is 7.91. The first-order chi connectivity index (χ1) is 12.7. The van der Waals surface area contributed by atoms with Crippen molar-refractivity contribution in [2.24, 2.45) is 5.92 Å². The fraction of sp³-hybridized carbons (Fsp3) is 0.476. The quantitative estimate of drug-likeness (QED) is 0.920. The number of fused-ring (bicyclic) bond motifs is 1. The van der Waals surface area contributed by atoms with Gasteiger partial charge in [0.15, 0.2) is 0 Å². The third-order valence-electron chi connectivity index (χ3n) is 5.55. The summed E-state index contributed by atoms with van der Waals surface area (Å²) in [4.78, 5) is 24.4. The number of piperidine rings is 1. The molecular formula is C21H26N4O. The maximum atomic E-state index is 12.7.